The van der Waals surface area contributed by atoms with E-state index in [1.54, 1.807) is 6.07 Å². The summed E-state index contributed by atoms with van der Waals surface area (Å²) in [5, 5.41) is 4.30. The van der Waals surface area contributed by atoms with E-state index < -0.39 is 0 Å². The van der Waals surface area contributed by atoms with Gasteiger partial charge in [0.1, 0.15) is 5.76 Å². The number of anilines is 1. The van der Waals surface area contributed by atoms with Gasteiger partial charge in [-0.2, -0.15) is 0 Å². The molecule has 1 N–H and O–H groups in total. The maximum Gasteiger partial charge on any atom is 0.170 e. The van der Waals surface area contributed by atoms with Crippen molar-refractivity contribution in [2.24, 2.45) is 0 Å². The number of rotatable bonds is 1. The maximum absolute atomic E-state index is 13.7. The van der Waals surface area contributed by atoms with Gasteiger partial charge in [-0.15, -0.1) is 0 Å². The van der Waals surface area contributed by atoms with Gasteiger partial charge >= 0.3 is 0 Å². The molecule has 2 heterocycles. The summed E-state index contributed by atoms with van der Waals surface area (Å²) in [6.07, 6.45) is 1.96. The van der Waals surface area contributed by atoms with Crippen LogP contribution >= 0.6 is 0 Å². The van der Waals surface area contributed by atoms with Crippen LogP contribution in [0.2, 0.25) is 0 Å². The minimum absolute atomic E-state index is 0.108. The summed E-state index contributed by atoms with van der Waals surface area (Å²) < 4.78 is 19.4. The highest BCUT2D eigenvalue weighted by atomic mass is 19.1. The van der Waals surface area contributed by atoms with E-state index in [0.717, 1.165) is 29.7 Å². The van der Waals surface area contributed by atoms with Crippen LogP contribution in [0.3, 0.4) is 0 Å². The lowest BCUT2D eigenvalue weighted by Gasteiger charge is -2.25. The van der Waals surface area contributed by atoms with Gasteiger partial charge in [-0.25, -0.2) is 4.39 Å². The summed E-state index contributed by atoms with van der Waals surface area (Å²) in [5.74, 6) is 0.504. The predicted molar refractivity (Wildman–Crippen MR) is 77.3 cm³/mol. The lowest BCUT2D eigenvalue weighted by molar-refractivity contribution is 0.475. The molecule has 100 valence electrons. The van der Waals surface area contributed by atoms with Crippen molar-refractivity contribution in [3.05, 3.63) is 65.7 Å². The minimum Gasteiger partial charge on any atom is -0.456 e. The fraction of sp³-hybridized carbons (Fsp3) is 0.176. The first kappa shape index (κ1) is 11.5. The van der Waals surface area contributed by atoms with Crippen molar-refractivity contribution < 1.29 is 8.81 Å². The molecule has 1 aliphatic rings. The van der Waals surface area contributed by atoms with Crippen LogP contribution in [-0.2, 0) is 6.42 Å². The molecule has 3 heteroatoms. The average Bonchev–Trinajstić information content (AvgIpc) is 2.92. The molecule has 1 unspecified atom stereocenters. The third-order valence-corrected chi connectivity index (χ3v) is 3.91. The SMILES string of the molecule is Fc1cccc2cc(C3CCc4ccccc4N3)oc12. The topological polar surface area (TPSA) is 25.2 Å². The smallest absolute Gasteiger partial charge is 0.170 e. The molecule has 4 rings (SSSR count). The highest BCUT2D eigenvalue weighted by Gasteiger charge is 2.22. The van der Waals surface area contributed by atoms with Gasteiger partial charge in [-0.3, -0.25) is 0 Å². The van der Waals surface area contributed by atoms with Crippen molar-refractivity contribution >= 4 is 16.7 Å². The molecule has 1 atom stereocenters. The van der Waals surface area contributed by atoms with Crippen LogP contribution in [0, 0.1) is 5.82 Å². The van der Waals surface area contributed by atoms with Crippen molar-refractivity contribution in [1.29, 1.82) is 0 Å². The monoisotopic (exact) mass is 267 g/mol. The molecule has 0 radical (unpaired) electrons. The Kier molecular flexibility index (Phi) is 2.52. The van der Waals surface area contributed by atoms with E-state index in [2.05, 4.69) is 23.5 Å². The molecule has 0 saturated heterocycles. The number of hydrogen-bond acceptors (Lipinski definition) is 2. The average molecular weight is 267 g/mol. The molecule has 0 spiro atoms. The number of fused-ring (bicyclic) bond motifs is 2. The van der Waals surface area contributed by atoms with Crippen molar-refractivity contribution in [3.63, 3.8) is 0 Å². The molecule has 0 bridgehead atoms. The van der Waals surface area contributed by atoms with E-state index in [0.29, 0.717) is 5.58 Å². The summed E-state index contributed by atoms with van der Waals surface area (Å²) >= 11 is 0. The van der Waals surface area contributed by atoms with Crippen LogP contribution < -0.4 is 5.32 Å². The number of nitrogens with one attached hydrogen (secondary N) is 1. The van der Waals surface area contributed by atoms with Gasteiger partial charge in [0.15, 0.2) is 11.4 Å². The van der Waals surface area contributed by atoms with Crippen LogP contribution in [-0.4, -0.2) is 0 Å². The largest absolute Gasteiger partial charge is 0.456 e. The van der Waals surface area contributed by atoms with Crippen molar-refractivity contribution in [2.75, 3.05) is 5.32 Å². The van der Waals surface area contributed by atoms with Crippen molar-refractivity contribution in [1.82, 2.24) is 0 Å². The molecule has 0 fully saturated rings. The van der Waals surface area contributed by atoms with E-state index in [1.165, 1.54) is 11.6 Å². The fourth-order valence-electron chi connectivity index (χ4n) is 2.87. The van der Waals surface area contributed by atoms with E-state index in [-0.39, 0.29) is 11.9 Å². The lowest BCUT2D eigenvalue weighted by Crippen LogP contribution is -2.17. The normalized spacial score (nSPS) is 17.8. The highest BCUT2D eigenvalue weighted by molar-refractivity contribution is 5.78. The molecule has 20 heavy (non-hydrogen) atoms. The van der Waals surface area contributed by atoms with E-state index in [1.807, 2.05) is 18.2 Å². The van der Waals surface area contributed by atoms with Crippen LogP contribution in [0.15, 0.2) is 52.9 Å². The molecular formula is C17H14FNO. The molecule has 1 aromatic heterocycles. The number of hydrogen-bond donors (Lipinski definition) is 1. The summed E-state index contributed by atoms with van der Waals surface area (Å²) in [7, 11) is 0. The molecule has 1 aliphatic heterocycles. The van der Waals surface area contributed by atoms with Crippen molar-refractivity contribution in [3.8, 4) is 0 Å². The van der Waals surface area contributed by atoms with Gasteiger partial charge in [0, 0.05) is 11.1 Å². The number of benzene rings is 2. The minimum atomic E-state index is -0.301. The molecule has 2 aromatic carbocycles. The van der Waals surface area contributed by atoms with Crippen LogP contribution in [0.5, 0.6) is 0 Å². The number of furan rings is 1. The molecule has 0 amide bonds. The second kappa shape index (κ2) is 4.37. The number of para-hydroxylation sites is 2. The summed E-state index contributed by atoms with van der Waals surface area (Å²) in [6, 6.07) is 15.3. The first-order chi connectivity index (χ1) is 9.81. The Balaban J connectivity index is 1.72. The zero-order chi connectivity index (χ0) is 13.5. The first-order valence-electron chi connectivity index (χ1n) is 6.84. The zero-order valence-electron chi connectivity index (χ0n) is 10.9. The summed E-state index contributed by atoms with van der Waals surface area (Å²) in [4.78, 5) is 0. The van der Waals surface area contributed by atoms with E-state index in [9.17, 15) is 4.39 Å². The molecular weight excluding hydrogens is 253 g/mol. The van der Waals surface area contributed by atoms with Gasteiger partial charge in [0.25, 0.3) is 0 Å². The number of halogens is 1. The Labute approximate surface area is 116 Å². The Hall–Kier alpha value is -2.29. The van der Waals surface area contributed by atoms with E-state index >= 15 is 0 Å². The molecule has 0 saturated carbocycles. The third-order valence-electron chi connectivity index (χ3n) is 3.91. The number of aryl methyl sites for hydroxylation is 1. The Morgan fingerprint density at radius 3 is 2.90 bits per heavy atom. The Morgan fingerprint density at radius 2 is 2.00 bits per heavy atom. The zero-order valence-corrected chi connectivity index (χ0v) is 10.9. The highest BCUT2D eigenvalue weighted by Crippen LogP contribution is 2.35. The second-order valence-corrected chi connectivity index (χ2v) is 5.20. The Morgan fingerprint density at radius 1 is 1.10 bits per heavy atom. The molecule has 3 aromatic rings. The van der Waals surface area contributed by atoms with Crippen LogP contribution in [0.1, 0.15) is 23.8 Å². The Bertz CT molecular complexity index is 778. The second-order valence-electron chi connectivity index (χ2n) is 5.20. The van der Waals surface area contributed by atoms with Crippen LogP contribution in [0.25, 0.3) is 11.0 Å². The molecule has 2 nitrogen and oxygen atoms in total. The summed E-state index contributed by atoms with van der Waals surface area (Å²) in [5.41, 5.74) is 2.82. The van der Waals surface area contributed by atoms with Gasteiger partial charge < -0.3 is 9.73 Å². The standard InChI is InChI=1S/C17H14FNO/c18-13-6-3-5-12-10-16(20-17(12)13)15-9-8-11-4-1-2-7-14(11)19-15/h1-7,10,15,19H,8-9H2. The predicted octanol–water partition coefficient (Wildman–Crippen LogP) is 4.67. The van der Waals surface area contributed by atoms with Gasteiger partial charge in [0.05, 0.1) is 6.04 Å². The van der Waals surface area contributed by atoms with E-state index in [4.69, 9.17) is 4.42 Å². The van der Waals surface area contributed by atoms with Crippen molar-refractivity contribution in [2.45, 2.75) is 18.9 Å². The third kappa shape index (κ3) is 1.78. The van der Waals surface area contributed by atoms with Gasteiger partial charge in [-0.1, -0.05) is 30.3 Å². The van der Waals surface area contributed by atoms with Crippen LogP contribution in [0.4, 0.5) is 10.1 Å². The maximum atomic E-state index is 13.7. The summed E-state index contributed by atoms with van der Waals surface area (Å²) in [6.45, 7) is 0. The quantitative estimate of drug-likeness (QED) is 0.693. The molecule has 0 aliphatic carbocycles. The fourth-order valence-corrected chi connectivity index (χ4v) is 2.87. The first-order valence-corrected chi connectivity index (χ1v) is 6.84. The van der Waals surface area contributed by atoms with Gasteiger partial charge in [-0.05, 0) is 36.6 Å². The van der Waals surface area contributed by atoms with Gasteiger partial charge in [0.2, 0.25) is 0 Å². The lowest BCUT2D eigenvalue weighted by atomic mass is 9.97.